The van der Waals surface area contributed by atoms with E-state index in [1.807, 2.05) is 5.38 Å². The lowest BCUT2D eigenvalue weighted by atomic mass is 10.2. The molecule has 7 nitrogen and oxygen atoms in total. The quantitative estimate of drug-likeness (QED) is 0.696. The zero-order valence-corrected chi connectivity index (χ0v) is 16.4. The molecule has 0 aliphatic heterocycles. The Labute approximate surface area is 159 Å². The van der Waals surface area contributed by atoms with E-state index < -0.39 is 0 Å². The molecule has 0 saturated heterocycles. The molecule has 0 aliphatic carbocycles. The van der Waals surface area contributed by atoms with E-state index in [1.54, 1.807) is 24.7 Å². The second kappa shape index (κ2) is 7.59. The largest absolute Gasteiger partial charge is 0.334 e. The highest BCUT2D eigenvalue weighted by Crippen LogP contribution is 2.22. The predicted octanol–water partition coefficient (Wildman–Crippen LogP) is 3.22. The Kier molecular flexibility index (Phi) is 5.43. The first-order chi connectivity index (χ1) is 12.4. The van der Waals surface area contributed by atoms with Crippen molar-refractivity contribution < 1.29 is 4.79 Å². The third-order valence-electron chi connectivity index (χ3n) is 4.10. The van der Waals surface area contributed by atoms with Gasteiger partial charge in [0.1, 0.15) is 15.7 Å². The second-order valence-corrected chi connectivity index (χ2v) is 7.41. The van der Waals surface area contributed by atoms with Crippen molar-refractivity contribution in [3.8, 4) is 0 Å². The highest BCUT2D eigenvalue weighted by molar-refractivity contribution is 7.17. The minimum absolute atomic E-state index is 0.176. The smallest absolute Gasteiger partial charge is 0.268 e. The summed E-state index contributed by atoms with van der Waals surface area (Å²) in [5.74, 6) is 0.187. The number of nitrogens with zero attached hydrogens (tertiary/aromatic N) is 4. The zero-order chi connectivity index (χ0) is 18.8. The maximum Gasteiger partial charge on any atom is 0.268 e. The van der Waals surface area contributed by atoms with E-state index in [4.69, 9.17) is 11.6 Å². The topological polar surface area (TPSA) is 83.9 Å². The van der Waals surface area contributed by atoms with Crippen LogP contribution in [0.4, 0.5) is 0 Å². The standard InChI is InChI=1S/C17H20ClN5O2S/c1-4-5-7-23-15(18)13(10(2)21-23)17(25)22(3)9-12-19-11-6-8-26-14(11)16(24)20-12/h6,8H,4-5,7,9H2,1-3H3,(H,19,20,24). The van der Waals surface area contributed by atoms with Gasteiger partial charge in [-0.15, -0.1) is 11.3 Å². The van der Waals surface area contributed by atoms with E-state index in [0.717, 1.165) is 12.8 Å². The van der Waals surface area contributed by atoms with Gasteiger partial charge in [-0.3, -0.25) is 14.3 Å². The Balaban J connectivity index is 1.83. The number of carbonyl (C=O) groups is 1. The fourth-order valence-electron chi connectivity index (χ4n) is 2.74. The van der Waals surface area contributed by atoms with Crippen LogP contribution in [0.25, 0.3) is 10.2 Å². The summed E-state index contributed by atoms with van der Waals surface area (Å²) in [6, 6.07) is 1.79. The fourth-order valence-corrected chi connectivity index (χ4v) is 3.80. The first-order valence-electron chi connectivity index (χ1n) is 8.37. The molecule has 1 N–H and O–H groups in total. The highest BCUT2D eigenvalue weighted by Gasteiger charge is 2.23. The van der Waals surface area contributed by atoms with Crippen LogP contribution in [-0.2, 0) is 13.1 Å². The number of fused-ring (bicyclic) bond motifs is 1. The molecular formula is C17H20ClN5O2S. The maximum absolute atomic E-state index is 12.8. The lowest BCUT2D eigenvalue weighted by Crippen LogP contribution is -2.28. The van der Waals surface area contributed by atoms with Crippen molar-refractivity contribution in [3.05, 3.63) is 44.0 Å². The minimum Gasteiger partial charge on any atom is -0.334 e. The molecule has 3 rings (SSSR count). The molecule has 0 bridgehead atoms. The van der Waals surface area contributed by atoms with Crippen LogP contribution < -0.4 is 5.56 Å². The van der Waals surface area contributed by atoms with Crippen LogP contribution in [0.5, 0.6) is 0 Å². The van der Waals surface area contributed by atoms with Gasteiger partial charge in [-0.2, -0.15) is 5.10 Å². The number of thiophene rings is 1. The molecule has 0 unspecified atom stereocenters. The van der Waals surface area contributed by atoms with Crippen LogP contribution in [-0.4, -0.2) is 37.6 Å². The number of nitrogens with one attached hydrogen (secondary N) is 1. The number of aryl methyl sites for hydroxylation is 2. The van der Waals surface area contributed by atoms with E-state index >= 15 is 0 Å². The molecule has 0 saturated carbocycles. The average Bonchev–Trinajstić information content (AvgIpc) is 3.17. The van der Waals surface area contributed by atoms with Gasteiger partial charge in [0.05, 0.1) is 23.3 Å². The van der Waals surface area contributed by atoms with E-state index in [2.05, 4.69) is 22.0 Å². The van der Waals surface area contributed by atoms with Crippen molar-refractivity contribution in [1.82, 2.24) is 24.6 Å². The summed E-state index contributed by atoms with van der Waals surface area (Å²) in [4.78, 5) is 33.5. The SMILES string of the molecule is CCCCn1nc(C)c(C(=O)N(C)Cc2nc3ccsc3c(=O)[nH]2)c1Cl. The normalized spacial score (nSPS) is 11.2. The van der Waals surface area contributed by atoms with Gasteiger partial charge in [-0.25, -0.2) is 4.98 Å². The number of H-pyrrole nitrogens is 1. The van der Waals surface area contributed by atoms with Gasteiger partial charge >= 0.3 is 0 Å². The van der Waals surface area contributed by atoms with Gasteiger partial charge in [-0.05, 0) is 24.8 Å². The number of rotatable bonds is 6. The lowest BCUT2D eigenvalue weighted by Gasteiger charge is -2.16. The van der Waals surface area contributed by atoms with E-state index in [0.29, 0.717) is 39.0 Å². The summed E-state index contributed by atoms with van der Waals surface area (Å²) < 4.78 is 2.25. The summed E-state index contributed by atoms with van der Waals surface area (Å²) in [6.45, 7) is 4.71. The number of aromatic amines is 1. The van der Waals surface area contributed by atoms with Crippen LogP contribution in [0.3, 0.4) is 0 Å². The maximum atomic E-state index is 12.8. The average molecular weight is 394 g/mol. The van der Waals surface area contributed by atoms with Crippen molar-refractivity contribution in [3.63, 3.8) is 0 Å². The Morgan fingerprint density at radius 1 is 1.46 bits per heavy atom. The monoisotopic (exact) mass is 393 g/mol. The van der Waals surface area contributed by atoms with Crippen LogP contribution in [0, 0.1) is 6.92 Å². The third kappa shape index (κ3) is 3.52. The lowest BCUT2D eigenvalue weighted by molar-refractivity contribution is 0.0781. The Bertz CT molecular complexity index is 1010. The molecule has 0 fully saturated rings. The number of hydrogen-bond donors (Lipinski definition) is 1. The van der Waals surface area contributed by atoms with E-state index in [9.17, 15) is 9.59 Å². The predicted molar refractivity (Wildman–Crippen MR) is 103 cm³/mol. The summed E-state index contributed by atoms with van der Waals surface area (Å²) in [6.07, 6.45) is 1.96. The zero-order valence-electron chi connectivity index (χ0n) is 14.9. The van der Waals surface area contributed by atoms with Crippen molar-refractivity contribution >= 4 is 39.1 Å². The molecule has 0 aliphatic rings. The molecule has 138 valence electrons. The van der Waals surface area contributed by atoms with Crippen LogP contribution >= 0.6 is 22.9 Å². The minimum atomic E-state index is -0.247. The summed E-state index contributed by atoms with van der Waals surface area (Å²) in [5.41, 5.74) is 1.43. The molecule has 1 amide bonds. The number of unbranched alkanes of at least 4 members (excludes halogenated alkanes) is 1. The second-order valence-electron chi connectivity index (χ2n) is 6.14. The van der Waals surface area contributed by atoms with Crippen molar-refractivity contribution in [2.75, 3.05) is 7.05 Å². The molecule has 0 spiro atoms. The van der Waals surface area contributed by atoms with Crippen LogP contribution in [0.15, 0.2) is 16.2 Å². The van der Waals surface area contributed by atoms with Crippen LogP contribution in [0.2, 0.25) is 5.15 Å². The van der Waals surface area contributed by atoms with Crippen molar-refractivity contribution in [2.45, 2.75) is 39.8 Å². The molecule has 26 heavy (non-hydrogen) atoms. The van der Waals surface area contributed by atoms with Gasteiger partial charge in [0.2, 0.25) is 0 Å². The number of amides is 1. The highest BCUT2D eigenvalue weighted by atomic mass is 35.5. The molecule has 3 aromatic heterocycles. The molecule has 9 heteroatoms. The number of aromatic nitrogens is 4. The van der Waals surface area contributed by atoms with Gasteiger partial charge in [0, 0.05) is 13.6 Å². The first kappa shape index (κ1) is 18.6. The Morgan fingerprint density at radius 3 is 2.96 bits per heavy atom. The molecule has 3 heterocycles. The molecule has 0 atom stereocenters. The van der Waals surface area contributed by atoms with Gasteiger partial charge < -0.3 is 9.88 Å². The molecular weight excluding hydrogens is 374 g/mol. The first-order valence-corrected chi connectivity index (χ1v) is 9.63. The number of hydrogen-bond acceptors (Lipinski definition) is 5. The van der Waals surface area contributed by atoms with Gasteiger partial charge in [0.15, 0.2) is 0 Å². The fraction of sp³-hybridized carbons (Fsp3) is 0.412. The number of halogens is 1. The van der Waals surface area contributed by atoms with Crippen molar-refractivity contribution in [1.29, 1.82) is 0 Å². The van der Waals surface area contributed by atoms with Crippen molar-refractivity contribution in [2.24, 2.45) is 0 Å². The van der Waals surface area contributed by atoms with Crippen LogP contribution in [0.1, 0.15) is 41.6 Å². The van der Waals surface area contributed by atoms with Gasteiger partial charge in [-0.1, -0.05) is 24.9 Å². The molecule has 3 aromatic rings. The van der Waals surface area contributed by atoms with E-state index in [-0.39, 0.29) is 18.0 Å². The third-order valence-corrected chi connectivity index (χ3v) is 5.39. The number of carbonyl (C=O) groups excluding carboxylic acids is 1. The van der Waals surface area contributed by atoms with Gasteiger partial charge in [0.25, 0.3) is 11.5 Å². The molecule has 0 aromatic carbocycles. The Morgan fingerprint density at radius 2 is 2.23 bits per heavy atom. The van der Waals surface area contributed by atoms with E-state index in [1.165, 1.54) is 16.2 Å². The summed E-state index contributed by atoms with van der Waals surface area (Å²) in [5, 5.41) is 6.54. The summed E-state index contributed by atoms with van der Waals surface area (Å²) in [7, 11) is 1.65. The summed E-state index contributed by atoms with van der Waals surface area (Å²) >= 11 is 7.72. The molecule has 0 radical (unpaired) electrons. The Hall–Kier alpha value is -2.19.